The van der Waals surface area contributed by atoms with Gasteiger partial charge in [-0.2, -0.15) is 0 Å². The van der Waals surface area contributed by atoms with Crippen LogP contribution in [0.2, 0.25) is 0 Å². The Kier molecular flexibility index (Phi) is 7.32. The molecule has 2 aromatic heterocycles. The smallest absolute Gasteiger partial charge is 0.295 e. The molecule has 1 amide bonds. The lowest BCUT2D eigenvalue weighted by molar-refractivity contribution is -0.125. The van der Waals surface area contributed by atoms with Crippen LogP contribution >= 0.6 is 11.8 Å². The van der Waals surface area contributed by atoms with Gasteiger partial charge in [-0.05, 0) is 54.5 Å². The summed E-state index contributed by atoms with van der Waals surface area (Å²) in [6.45, 7) is 2.07. The first-order valence-corrected chi connectivity index (χ1v) is 13.4. The van der Waals surface area contributed by atoms with Crippen molar-refractivity contribution < 1.29 is 4.79 Å². The van der Waals surface area contributed by atoms with Crippen LogP contribution in [0.1, 0.15) is 24.0 Å². The molecule has 1 aliphatic heterocycles. The number of pyridine rings is 1. The molecule has 36 heavy (non-hydrogen) atoms. The second-order valence-corrected chi connectivity index (χ2v) is 9.89. The van der Waals surface area contributed by atoms with Crippen molar-refractivity contribution in [2.45, 2.75) is 30.8 Å². The fourth-order valence-corrected chi connectivity index (χ4v) is 5.05. The standard InChI is InChI=1S/C28H29N5O2S/c1-36-23-13-11-20(12-14-23)17-30-27(34)22-9-6-16-32(19-22)26-28(35)33(18-21-7-3-2-4-8-21)25-24(31-26)10-5-15-29-25/h2-5,7-8,10-15,22H,6,9,16-19H2,1H3,(H,30,34). The average molecular weight is 500 g/mol. The van der Waals surface area contributed by atoms with Gasteiger partial charge in [0.05, 0.1) is 12.5 Å². The molecule has 4 aromatic rings. The minimum atomic E-state index is -0.197. The van der Waals surface area contributed by atoms with Crippen LogP contribution in [0.3, 0.4) is 0 Å². The second kappa shape index (κ2) is 11.0. The van der Waals surface area contributed by atoms with E-state index in [2.05, 4.69) is 22.4 Å². The predicted octanol–water partition coefficient (Wildman–Crippen LogP) is 4.09. The molecule has 0 radical (unpaired) electrons. The molecular weight excluding hydrogens is 470 g/mol. The van der Waals surface area contributed by atoms with Gasteiger partial charge in [0.25, 0.3) is 5.56 Å². The Hall–Kier alpha value is -3.65. The highest BCUT2D eigenvalue weighted by atomic mass is 32.2. The molecular formula is C28H29N5O2S. The molecule has 8 heteroatoms. The van der Waals surface area contributed by atoms with E-state index in [1.54, 1.807) is 22.5 Å². The third-order valence-electron chi connectivity index (χ3n) is 6.59. The van der Waals surface area contributed by atoms with E-state index in [1.165, 1.54) is 4.90 Å². The van der Waals surface area contributed by atoms with Crippen LogP contribution in [0.15, 0.2) is 82.6 Å². The Morgan fingerprint density at radius 3 is 2.64 bits per heavy atom. The molecule has 1 fully saturated rings. The maximum absolute atomic E-state index is 13.6. The number of hydrogen-bond acceptors (Lipinski definition) is 6. The third kappa shape index (κ3) is 5.28. The predicted molar refractivity (Wildman–Crippen MR) is 144 cm³/mol. The number of thioether (sulfide) groups is 1. The van der Waals surface area contributed by atoms with Crippen LogP contribution in [-0.2, 0) is 17.9 Å². The lowest BCUT2D eigenvalue weighted by Gasteiger charge is -2.32. The lowest BCUT2D eigenvalue weighted by atomic mass is 9.97. The van der Waals surface area contributed by atoms with Gasteiger partial charge in [-0.25, -0.2) is 9.97 Å². The van der Waals surface area contributed by atoms with Crippen LogP contribution in [0.4, 0.5) is 5.82 Å². The summed E-state index contributed by atoms with van der Waals surface area (Å²) in [5, 5.41) is 3.08. The molecule has 0 saturated carbocycles. The fourth-order valence-electron chi connectivity index (χ4n) is 4.64. The highest BCUT2D eigenvalue weighted by Gasteiger charge is 2.28. The molecule has 1 saturated heterocycles. The molecule has 0 spiro atoms. The van der Waals surface area contributed by atoms with Gasteiger partial charge in [0.1, 0.15) is 5.52 Å². The summed E-state index contributed by atoms with van der Waals surface area (Å²) >= 11 is 1.70. The molecule has 7 nitrogen and oxygen atoms in total. The van der Waals surface area contributed by atoms with E-state index in [1.807, 2.05) is 65.8 Å². The topological polar surface area (TPSA) is 80.1 Å². The van der Waals surface area contributed by atoms with Gasteiger partial charge >= 0.3 is 0 Å². The Balaban J connectivity index is 1.36. The Bertz CT molecular complexity index is 1410. The van der Waals surface area contributed by atoms with Crippen LogP contribution < -0.4 is 15.8 Å². The van der Waals surface area contributed by atoms with Gasteiger partial charge in [0.2, 0.25) is 5.91 Å². The molecule has 184 valence electrons. The maximum atomic E-state index is 13.6. The quantitative estimate of drug-likeness (QED) is 0.386. The van der Waals surface area contributed by atoms with Gasteiger partial charge in [-0.15, -0.1) is 11.8 Å². The number of nitrogens with zero attached hydrogens (tertiary/aromatic N) is 4. The van der Waals surface area contributed by atoms with Gasteiger partial charge in [-0.1, -0.05) is 42.5 Å². The van der Waals surface area contributed by atoms with E-state index in [9.17, 15) is 9.59 Å². The summed E-state index contributed by atoms with van der Waals surface area (Å²) in [6.07, 6.45) is 5.34. The van der Waals surface area contributed by atoms with E-state index in [0.717, 1.165) is 24.0 Å². The van der Waals surface area contributed by atoms with E-state index in [4.69, 9.17) is 4.98 Å². The van der Waals surface area contributed by atoms with Crippen LogP contribution in [0.5, 0.6) is 0 Å². The van der Waals surface area contributed by atoms with E-state index in [0.29, 0.717) is 43.2 Å². The average Bonchev–Trinajstić information content (AvgIpc) is 2.94. The summed E-state index contributed by atoms with van der Waals surface area (Å²) < 4.78 is 1.69. The molecule has 1 unspecified atom stereocenters. The van der Waals surface area contributed by atoms with E-state index >= 15 is 0 Å². The normalized spacial score (nSPS) is 15.7. The largest absolute Gasteiger partial charge is 0.352 e. The van der Waals surface area contributed by atoms with Crippen LogP contribution in [0.25, 0.3) is 11.2 Å². The number of carbonyl (C=O) groups is 1. The van der Waals surface area contributed by atoms with Crippen LogP contribution in [0, 0.1) is 5.92 Å². The number of benzene rings is 2. The van der Waals surface area contributed by atoms with Crippen molar-refractivity contribution in [3.63, 3.8) is 0 Å². The number of aromatic nitrogens is 3. The maximum Gasteiger partial charge on any atom is 0.295 e. The highest BCUT2D eigenvalue weighted by molar-refractivity contribution is 7.98. The Morgan fingerprint density at radius 1 is 1.06 bits per heavy atom. The molecule has 0 bridgehead atoms. The first-order valence-electron chi connectivity index (χ1n) is 12.2. The van der Waals surface area contributed by atoms with Crippen molar-refractivity contribution in [2.24, 2.45) is 5.92 Å². The number of nitrogens with one attached hydrogen (secondary N) is 1. The van der Waals surface area contributed by atoms with Crippen LogP contribution in [-0.4, -0.2) is 39.8 Å². The molecule has 0 aliphatic carbocycles. The molecule has 1 aliphatic rings. The van der Waals surface area contributed by atoms with Crippen molar-refractivity contribution >= 4 is 34.7 Å². The molecule has 5 rings (SSSR count). The van der Waals surface area contributed by atoms with Crippen molar-refractivity contribution in [3.05, 3.63) is 94.4 Å². The lowest BCUT2D eigenvalue weighted by Crippen LogP contribution is -2.45. The minimum absolute atomic E-state index is 0.0145. The zero-order valence-electron chi connectivity index (χ0n) is 20.3. The highest BCUT2D eigenvalue weighted by Crippen LogP contribution is 2.22. The van der Waals surface area contributed by atoms with Gasteiger partial charge in [-0.3, -0.25) is 14.2 Å². The number of carbonyl (C=O) groups excluding carboxylic acids is 1. The SMILES string of the molecule is CSc1ccc(CNC(=O)C2CCCN(c3nc4cccnc4n(Cc4ccccc4)c3=O)C2)cc1. The van der Waals surface area contributed by atoms with Crippen molar-refractivity contribution in [1.82, 2.24) is 19.9 Å². The zero-order valence-corrected chi connectivity index (χ0v) is 21.1. The van der Waals surface area contributed by atoms with Crippen molar-refractivity contribution in [1.29, 1.82) is 0 Å². The fraction of sp³-hybridized carbons (Fsp3) is 0.286. The second-order valence-electron chi connectivity index (χ2n) is 9.01. The van der Waals surface area contributed by atoms with Crippen molar-refractivity contribution in [3.8, 4) is 0 Å². The summed E-state index contributed by atoms with van der Waals surface area (Å²) in [4.78, 5) is 39.0. The molecule has 1 N–H and O–H groups in total. The van der Waals surface area contributed by atoms with E-state index in [-0.39, 0.29) is 17.4 Å². The monoisotopic (exact) mass is 499 g/mol. The number of rotatable bonds is 7. The Labute approximate surface area is 214 Å². The summed E-state index contributed by atoms with van der Waals surface area (Å²) in [5.74, 6) is 0.204. The number of amides is 1. The number of hydrogen-bond donors (Lipinski definition) is 1. The number of fused-ring (bicyclic) bond motifs is 1. The molecule has 1 atom stereocenters. The summed E-state index contributed by atoms with van der Waals surface area (Å²) in [6, 6.07) is 21.8. The summed E-state index contributed by atoms with van der Waals surface area (Å²) in [5.41, 5.74) is 3.14. The number of piperidine rings is 1. The minimum Gasteiger partial charge on any atom is -0.352 e. The van der Waals surface area contributed by atoms with Gasteiger partial charge in [0, 0.05) is 30.7 Å². The molecule has 2 aromatic carbocycles. The third-order valence-corrected chi connectivity index (χ3v) is 7.33. The van der Waals surface area contributed by atoms with Gasteiger partial charge < -0.3 is 10.2 Å². The first kappa shape index (κ1) is 24.1. The van der Waals surface area contributed by atoms with Crippen molar-refractivity contribution in [2.75, 3.05) is 24.2 Å². The van der Waals surface area contributed by atoms with Gasteiger partial charge in [0.15, 0.2) is 11.5 Å². The molecule has 3 heterocycles. The zero-order chi connectivity index (χ0) is 24.9. The summed E-state index contributed by atoms with van der Waals surface area (Å²) in [7, 11) is 0. The Morgan fingerprint density at radius 2 is 1.86 bits per heavy atom. The first-order chi connectivity index (χ1) is 17.6. The number of anilines is 1. The van der Waals surface area contributed by atoms with E-state index < -0.39 is 0 Å².